The summed E-state index contributed by atoms with van der Waals surface area (Å²) in [7, 11) is 0. The second kappa shape index (κ2) is 2.23. The van der Waals surface area contributed by atoms with Gasteiger partial charge in [-0.25, -0.2) is 0 Å². The molecule has 1 aromatic heterocycles. The smallest absolute Gasteiger partial charge is 0.199 e. The molecule has 0 saturated carbocycles. The van der Waals surface area contributed by atoms with E-state index in [-0.39, 0.29) is 5.78 Å². The first-order valence-electron chi connectivity index (χ1n) is 3.29. The van der Waals surface area contributed by atoms with E-state index in [0.29, 0.717) is 6.54 Å². The van der Waals surface area contributed by atoms with Gasteiger partial charge >= 0.3 is 0 Å². The van der Waals surface area contributed by atoms with Crippen molar-refractivity contribution in [1.82, 2.24) is 10.3 Å². The highest BCUT2D eigenvalue weighted by atomic mass is 16.1. The second-order valence-corrected chi connectivity index (χ2v) is 2.30. The summed E-state index contributed by atoms with van der Waals surface area (Å²) in [6.45, 7) is 0.305. The van der Waals surface area contributed by atoms with Crippen LogP contribution >= 0.6 is 0 Å². The third kappa shape index (κ3) is 1.02. The number of rotatable bonds is 0. The summed E-state index contributed by atoms with van der Waals surface area (Å²) in [5.41, 5.74) is 0.916. The molecule has 54 valence electrons. The molecular formula is C7H6N3O+. The van der Waals surface area contributed by atoms with Crippen LogP contribution in [0.5, 0.6) is 0 Å². The average molecular weight is 148 g/mol. The van der Waals surface area contributed by atoms with Crippen LogP contribution in [0.4, 0.5) is 0 Å². The molecule has 0 atom stereocenters. The summed E-state index contributed by atoms with van der Waals surface area (Å²) in [4.78, 5) is 10.9. The molecule has 11 heavy (non-hydrogen) atoms. The van der Waals surface area contributed by atoms with Crippen LogP contribution in [0.3, 0.4) is 0 Å². The summed E-state index contributed by atoms with van der Waals surface area (Å²) in [6.07, 6.45) is 4.89. The molecule has 0 aliphatic carbocycles. The number of hydrogen-bond acceptors (Lipinski definition) is 3. The van der Waals surface area contributed by atoms with Gasteiger partial charge in [-0.15, -0.1) is 4.68 Å². The van der Waals surface area contributed by atoms with Gasteiger partial charge in [0.2, 0.25) is 0 Å². The molecule has 0 amide bonds. The lowest BCUT2D eigenvalue weighted by Gasteiger charge is -2.00. The molecule has 0 saturated heterocycles. The molecule has 0 fully saturated rings. The van der Waals surface area contributed by atoms with Crippen LogP contribution in [-0.4, -0.2) is 16.1 Å². The standard InChI is InChI=1S/C7H6N3O/c11-7-2-1-6-3-4-8-9-10(6)5-7/h1-4H,5H2/q+1. The van der Waals surface area contributed by atoms with Crippen molar-refractivity contribution in [2.24, 2.45) is 0 Å². The summed E-state index contributed by atoms with van der Waals surface area (Å²) in [6, 6.07) is 1.82. The summed E-state index contributed by atoms with van der Waals surface area (Å²) in [5.74, 6) is 0.0583. The highest BCUT2D eigenvalue weighted by Gasteiger charge is 2.14. The topological polar surface area (TPSA) is 46.7 Å². The molecular weight excluding hydrogens is 142 g/mol. The maximum atomic E-state index is 10.9. The molecule has 2 heterocycles. The van der Waals surface area contributed by atoms with Gasteiger partial charge in [0.15, 0.2) is 24.2 Å². The minimum absolute atomic E-state index is 0.0583. The predicted octanol–water partition coefficient (Wildman–Crippen LogP) is -0.640. The number of hydrogen-bond donors (Lipinski definition) is 0. The highest BCUT2D eigenvalue weighted by molar-refractivity contribution is 5.93. The fraction of sp³-hybridized carbons (Fsp3) is 0.143. The summed E-state index contributed by atoms with van der Waals surface area (Å²) < 4.78 is 1.57. The van der Waals surface area contributed by atoms with Crippen molar-refractivity contribution < 1.29 is 9.48 Å². The van der Waals surface area contributed by atoms with E-state index in [1.807, 2.05) is 6.07 Å². The van der Waals surface area contributed by atoms with E-state index in [1.165, 1.54) is 0 Å². The first-order chi connectivity index (χ1) is 5.36. The van der Waals surface area contributed by atoms with Gasteiger partial charge in [-0.05, 0) is 12.2 Å². The van der Waals surface area contributed by atoms with Crippen LogP contribution in [0.25, 0.3) is 6.08 Å². The zero-order valence-electron chi connectivity index (χ0n) is 5.77. The molecule has 0 unspecified atom stereocenters. The van der Waals surface area contributed by atoms with E-state index in [2.05, 4.69) is 10.3 Å². The first kappa shape index (κ1) is 6.15. The quantitative estimate of drug-likeness (QED) is 0.460. The molecule has 0 bridgehead atoms. The zero-order valence-corrected chi connectivity index (χ0v) is 5.77. The molecule has 1 aromatic rings. The van der Waals surface area contributed by atoms with Gasteiger partial charge in [0.05, 0.1) is 5.10 Å². The average Bonchev–Trinajstić information content (AvgIpc) is 2.04. The molecule has 4 heteroatoms. The van der Waals surface area contributed by atoms with E-state index in [9.17, 15) is 4.79 Å². The van der Waals surface area contributed by atoms with Gasteiger partial charge in [0, 0.05) is 6.07 Å². The molecule has 2 rings (SSSR count). The Bertz CT molecular complexity index is 332. The SMILES string of the molecule is O=C1C=Cc2ccnn[n+]2C1. The lowest BCUT2D eigenvalue weighted by atomic mass is 10.2. The number of carbonyl (C=O) groups excluding carboxylic acids is 1. The van der Waals surface area contributed by atoms with Crippen molar-refractivity contribution in [2.75, 3.05) is 0 Å². The van der Waals surface area contributed by atoms with Crippen LogP contribution in [0, 0.1) is 0 Å². The van der Waals surface area contributed by atoms with E-state index < -0.39 is 0 Å². The Labute approximate surface area is 63.2 Å². The van der Waals surface area contributed by atoms with Crippen molar-refractivity contribution in [1.29, 1.82) is 0 Å². The van der Waals surface area contributed by atoms with E-state index in [0.717, 1.165) is 5.69 Å². The Morgan fingerprint density at radius 1 is 1.45 bits per heavy atom. The number of allylic oxidation sites excluding steroid dienone is 1. The number of nitrogens with zero attached hydrogens (tertiary/aromatic N) is 3. The number of carbonyl (C=O) groups is 1. The molecule has 0 spiro atoms. The molecule has 0 radical (unpaired) electrons. The van der Waals surface area contributed by atoms with E-state index >= 15 is 0 Å². The Morgan fingerprint density at radius 3 is 3.27 bits per heavy atom. The Kier molecular flexibility index (Phi) is 1.25. The number of aromatic nitrogens is 3. The first-order valence-corrected chi connectivity index (χ1v) is 3.29. The molecule has 4 nitrogen and oxygen atoms in total. The van der Waals surface area contributed by atoms with Crippen LogP contribution in [0.2, 0.25) is 0 Å². The molecule has 0 aromatic carbocycles. The normalized spacial score (nSPS) is 14.7. The van der Waals surface area contributed by atoms with Crippen molar-refractivity contribution >= 4 is 11.9 Å². The van der Waals surface area contributed by atoms with Crippen LogP contribution < -0.4 is 4.68 Å². The van der Waals surface area contributed by atoms with Gasteiger partial charge in [-0.3, -0.25) is 4.79 Å². The van der Waals surface area contributed by atoms with Gasteiger partial charge in [-0.1, -0.05) is 0 Å². The van der Waals surface area contributed by atoms with Crippen molar-refractivity contribution in [2.45, 2.75) is 6.54 Å². The second-order valence-electron chi connectivity index (χ2n) is 2.30. The third-order valence-corrected chi connectivity index (χ3v) is 1.52. The lowest BCUT2D eigenvalue weighted by Crippen LogP contribution is -2.46. The van der Waals surface area contributed by atoms with Crippen LogP contribution in [-0.2, 0) is 11.3 Å². The van der Waals surface area contributed by atoms with E-state index in [1.54, 1.807) is 23.0 Å². The van der Waals surface area contributed by atoms with Gasteiger partial charge < -0.3 is 0 Å². The summed E-state index contributed by atoms with van der Waals surface area (Å²) in [5, 5.41) is 7.42. The van der Waals surface area contributed by atoms with Gasteiger partial charge in [0.25, 0.3) is 0 Å². The largest absolute Gasteiger partial charge is 0.290 e. The number of ketones is 1. The zero-order chi connectivity index (χ0) is 7.68. The fourth-order valence-corrected chi connectivity index (χ4v) is 0.983. The number of fused-ring (bicyclic) bond motifs is 1. The molecule has 1 aliphatic rings. The van der Waals surface area contributed by atoms with E-state index in [4.69, 9.17) is 0 Å². The van der Waals surface area contributed by atoms with Gasteiger partial charge in [0.1, 0.15) is 5.21 Å². The lowest BCUT2D eigenvalue weighted by molar-refractivity contribution is -0.749. The van der Waals surface area contributed by atoms with Crippen molar-refractivity contribution in [3.05, 3.63) is 24.0 Å². The van der Waals surface area contributed by atoms with Crippen LogP contribution in [0.1, 0.15) is 5.69 Å². The monoisotopic (exact) mass is 148 g/mol. The maximum Gasteiger partial charge on any atom is 0.199 e. The summed E-state index contributed by atoms with van der Waals surface area (Å²) >= 11 is 0. The molecule has 1 aliphatic heterocycles. The minimum atomic E-state index is 0.0583. The predicted molar refractivity (Wildman–Crippen MR) is 36.3 cm³/mol. The van der Waals surface area contributed by atoms with Gasteiger partial charge in [-0.2, -0.15) is 0 Å². The minimum Gasteiger partial charge on any atom is -0.290 e. The highest BCUT2D eigenvalue weighted by Crippen LogP contribution is 1.97. The van der Waals surface area contributed by atoms with Crippen molar-refractivity contribution in [3.8, 4) is 0 Å². The Hall–Kier alpha value is -1.58. The maximum absolute atomic E-state index is 10.9. The Balaban J connectivity index is 2.54. The third-order valence-electron chi connectivity index (χ3n) is 1.52. The van der Waals surface area contributed by atoms with Crippen molar-refractivity contribution in [3.63, 3.8) is 0 Å². The Morgan fingerprint density at radius 2 is 2.36 bits per heavy atom. The fourth-order valence-electron chi connectivity index (χ4n) is 0.983. The molecule has 0 N–H and O–H groups in total. The van der Waals surface area contributed by atoms with Crippen LogP contribution in [0.15, 0.2) is 18.3 Å².